The van der Waals surface area contributed by atoms with Crippen LogP contribution in [0.1, 0.15) is 32.3 Å². The molecule has 1 aromatic heterocycles. The summed E-state index contributed by atoms with van der Waals surface area (Å²) in [7, 11) is -3.06. The number of ether oxygens (including phenoxy) is 1. The van der Waals surface area contributed by atoms with Crippen molar-refractivity contribution >= 4 is 54.0 Å². The zero-order valence-corrected chi connectivity index (χ0v) is 25.5. The molecule has 0 saturated heterocycles. The van der Waals surface area contributed by atoms with Crippen LogP contribution in [0.3, 0.4) is 0 Å². The number of nitrogens with zero attached hydrogens (tertiary/aromatic N) is 2. The number of aromatic nitrogens is 1. The number of phosphoric ester groups is 1. The van der Waals surface area contributed by atoms with E-state index in [1.807, 2.05) is 24.3 Å². The van der Waals surface area contributed by atoms with E-state index in [9.17, 15) is 23.3 Å². The summed E-state index contributed by atoms with van der Waals surface area (Å²) in [4.78, 5) is 60.6. The van der Waals surface area contributed by atoms with E-state index >= 15 is 0 Å². The summed E-state index contributed by atoms with van der Waals surface area (Å²) in [6.07, 6.45) is 1.82. The second-order valence-corrected chi connectivity index (χ2v) is 11.3. The summed E-state index contributed by atoms with van der Waals surface area (Å²) in [5.74, 6) is -0.566. The molecule has 3 aromatic rings. The molecule has 0 unspecified atom stereocenters. The summed E-state index contributed by atoms with van der Waals surface area (Å²) in [5, 5.41) is 9.31. The van der Waals surface area contributed by atoms with Gasteiger partial charge in [0.15, 0.2) is 0 Å². The first kappa shape index (κ1) is 37.4. The van der Waals surface area contributed by atoms with Crippen molar-refractivity contribution in [1.82, 2.24) is 20.5 Å². The lowest BCUT2D eigenvalue weighted by Gasteiger charge is -2.28. The zero-order valence-electron chi connectivity index (χ0n) is 23.9. The van der Waals surface area contributed by atoms with Gasteiger partial charge in [-0.25, -0.2) is 23.5 Å². The Hall–Kier alpha value is -3.81. The quantitative estimate of drug-likeness (QED) is 0.112. The molecule has 13 nitrogen and oxygen atoms in total. The molecular weight excluding hydrogens is 632 g/mol. The number of amides is 4. The van der Waals surface area contributed by atoms with Crippen molar-refractivity contribution < 1.29 is 42.4 Å². The van der Waals surface area contributed by atoms with E-state index in [1.165, 1.54) is 17.0 Å². The van der Waals surface area contributed by atoms with Crippen LogP contribution in [0.25, 0.3) is 10.8 Å². The number of aryl methyl sites for hydroxylation is 1. The van der Waals surface area contributed by atoms with Crippen molar-refractivity contribution in [1.29, 1.82) is 0 Å². The number of hydrogen-bond acceptors (Lipinski definition) is 7. The largest absolute Gasteiger partial charge is 0.469 e. The highest BCUT2D eigenvalue weighted by atomic mass is 35.5. The van der Waals surface area contributed by atoms with Crippen LogP contribution in [-0.2, 0) is 25.0 Å². The summed E-state index contributed by atoms with van der Waals surface area (Å²) < 4.78 is 34.2. The minimum Gasteiger partial charge on any atom is -0.447 e. The maximum Gasteiger partial charge on any atom is 0.469 e. The van der Waals surface area contributed by atoms with Gasteiger partial charge in [-0.1, -0.05) is 55.4 Å². The minimum absolute atomic E-state index is 0. The summed E-state index contributed by atoms with van der Waals surface area (Å²) in [6, 6.07) is 12.5. The number of anilines is 1. The average molecular weight is 670 g/mol. The molecule has 0 aliphatic rings. The lowest BCUT2D eigenvalue weighted by Crippen LogP contribution is -2.42. The molecule has 0 bridgehead atoms. The van der Waals surface area contributed by atoms with Crippen molar-refractivity contribution in [3.05, 3.63) is 71.1 Å². The van der Waals surface area contributed by atoms with Crippen LogP contribution in [0, 0.1) is 5.82 Å². The van der Waals surface area contributed by atoms with Crippen LogP contribution >= 0.6 is 19.4 Å². The van der Waals surface area contributed by atoms with Crippen molar-refractivity contribution in [2.24, 2.45) is 0 Å². The normalized spacial score (nSPS) is 11.7. The number of halogens is 2. The van der Waals surface area contributed by atoms with E-state index < -0.39 is 31.8 Å². The van der Waals surface area contributed by atoms with Crippen molar-refractivity contribution in [2.45, 2.75) is 39.2 Å². The van der Waals surface area contributed by atoms with Crippen molar-refractivity contribution in [2.75, 3.05) is 38.7 Å². The van der Waals surface area contributed by atoms with Crippen LogP contribution in [0.4, 0.5) is 19.8 Å². The third kappa shape index (κ3) is 13.0. The Morgan fingerprint density at radius 1 is 1.09 bits per heavy atom. The Bertz CT molecular complexity index is 1490. The van der Waals surface area contributed by atoms with E-state index in [4.69, 9.17) is 26.1 Å². The van der Waals surface area contributed by atoms with Crippen molar-refractivity contribution in [3.63, 3.8) is 0 Å². The van der Waals surface area contributed by atoms with E-state index in [0.717, 1.165) is 10.8 Å². The molecule has 5 N–H and O–H groups in total. The smallest absolute Gasteiger partial charge is 0.447 e. The SMILES string of the molecule is C.CN(C(=O)CCc1cccc(F)c1Cl)[C@@H](CCCNC(=O)NCCOP(=O)(O)O)COC(=O)Nc1cc2ccccc2cn1. The lowest BCUT2D eigenvalue weighted by molar-refractivity contribution is -0.132. The molecule has 45 heavy (non-hydrogen) atoms. The first-order chi connectivity index (χ1) is 20.9. The highest BCUT2D eigenvalue weighted by Crippen LogP contribution is 2.35. The number of carbonyl (C=O) groups excluding carboxylic acids is 3. The van der Waals surface area contributed by atoms with Gasteiger partial charge in [-0.15, -0.1) is 0 Å². The number of hydrogen-bond donors (Lipinski definition) is 5. The maximum absolute atomic E-state index is 13.8. The minimum atomic E-state index is -4.62. The predicted octanol–water partition coefficient (Wildman–Crippen LogP) is 4.86. The first-order valence-corrected chi connectivity index (χ1v) is 15.5. The Morgan fingerprint density at radius 2 is 1.80 bits per heavy atom. The number of rotatable bonds is 15. The Labute approximate surface area is 265 Å². The predicted molar refractivity (Wildman–Crippen MR) is 168 cm³/mol. The fourth-order valence-corrected chi connectivity index (χ4v) is 4.70. The number of pyridine rings is 1. The average Bonchev–Trinajstić information content (AvgIpc) is 2.98. The molecular formula is C29H38ClFN5O8P. The van der Waals surface area contributed by atoms with Crippen LogP contribution < -0.4 is 16.0 Å². The molecule has 0 aliphatic heterocycles. The van der Waals surface area contributed by atoms with Gasteiger partial charge in [-0.2, -0.15) is 0 Å². The molecule has 16 heteroatoms. The molecule has 4 amide bonds. The van der Waals surface area contributed by atoms with Crippen molar-refractivity contribution in [3.8, 4) is 0 Å². The number of urea groups is 1. The van der Waals surface area contributed by atoms with Gasteiger partial charge < -0.3 is 30.1 Å². The molecule has 1 heterocycles. The third-order valence-electron chi connectivity index (χ3n) is 6.50. The molecule has 1 atom stereocenters. The van der Waals surface area contributed by atoms with Gasteiger partial charge in [0.1, 0.15) is 18.2 Å². The number of fused-ring (bicyclic) bond motifs is 1. The van der Waals surface area contributed by atoms with Gasteiger partial charge in [-0.05, 0) is 42.3 Å². The van der Waals surface area contributed by atoms with Gasteiger partial charge in [-0.3, -0.25) is 14.6 Å². The topological polar surface area (TPSA) is 179 Å². The van der Waals surface area contributed by atoms with Crippen LogP contribution in [0.5, 0.6) is 0 Å². The van der Waals surface area contributed by atoms with E-state index in [1.54, 1.807) is 25.4 Å². The number of carbonyl (C=O) groups is 3. The second kappa shape index (κ2) is 18.2. The van der Waals surface area contributed by atoms with E-state index in [-0.39, 0.29) is 57.5 Å². The highest BCUT2D eigenvalue weighted by Gasteiger charge is 2.22. The molecule has 0 aliphatic carbocycles. The molecule has 0 radical (unpaired) electrons. The number of likely N-dealkylation sites (N-methyl/N-ethyl adjacent to an activating group) is 1. The van der Waals surface area contributed by atoms with Crippen LogP contribution in [-0.4, -0.2) is 77.1 Å². The summed E-state index contributed by atoms with van der Waals surface area (Å²) >= 11 is 6.02. The molecule has 2 aromatic carbocycles. The molecule has 0 saturated carbocycles. The molecule has 0 fully saturated rings. The lowest BCUT2D eigenvalue weighted by atomic mass is 10.1. The standard InChI is InChI=1S/C28H34ClFN5O8P.CH4/c1-35(25(36)12-11-19-8-4-10-23(30)26(19)29)22(9-5-13-31-27(37)32-14-15-43-44(39,40)41)18-42-28(38)34-24-16-20-6-2-3-7-21(20)17-33-24;/h2-4,6-8,10,16-17,22H,5,9,11-15,18H2,1H3,(H2,31,32,37)(H,33,34,38)(H2,39,40,41);1H4/t22-;/m0./s1. The van der Waals surface area contributed by atoms with E-state index in [0.29, 0.717) is 24.2 Å². The van der Waals surface area contributed by atoms with Gasteiger partial charge >= 0.3 is 19.9 Å². The first-order valence-electron chi connectivity index (χ1n) is 13.6. The Kier molecular flexibility index (Phi) is 15.1. The zero-order chi connectivity index (χ0) is 32.1. The highest BCUT2D eigenvalue weighted by molar-refractivity contribution is 7.46. The van der Waals surface area contributed by atoms with Gasteiger partial charge in [0.05, 0.1) is 17.7 Å². The number of phosphoric acid groups is 1. The molecule has 246 valence electrons. The van der Waals surface area contributed by atoms with Gasteiger partial charge in [0, 0.05) is 38.1 Å². The fraction of sp³-hybridized carbons (Fsp3) is 0.379. The molecule has 3 rings (SSSR count). The van der Waals surface area contributed by atoms with E-state index in [2.05, 4.69) is 25.5 Å². The number of benzene rings is 2. The summed E-state index contributed by atoms with van der Waals surface area (Å²) in [6.45, 7) is -0.465. The van der Waals surface area contributed by atoms with Gasteiger partial charge in [0.2, 0.25) is 5.91 Å². The number of nitrogens with one attached hydrogen (secondary N) is 3. The second-order valence-electron chi connectivity index (χ2n) is 9.66. The third-order valence-corrected chi connectivity index (χ3v) is 7.44. The monoisotopic (exact) mass is 669 g/mol. The fourth-order valence-electron chi connectivity index (χ4n) is 4.15. The maximum atomic E-state index is 13.8. The van der Waals surface area contributed by atoms with Gasteiger partial charge in [0.25, 0.3) is 0 Å². The van der Waals surface area contributed by atoms with Crippen LogP contribution in [0.2, 0.25) is 5.02 Å². The summed E-state index contributed by atoms with van der Waals surface area (Å²) in [5.41, 5.74) is 0.491. The molecule has 0 spiro atoms. The van der Waals surface area contributed by atoms with Crippen LogP contribution in [0.15, 0.2) is 54.7 Å². The Morgan fingerprint density at radius 3 is 2.53 bits per heavy atom. The Balaban J connectivity index is 0.00000705.